The molecule has 0 bridgehead atoms. The predicted molar refractivity (Wildman–Crippen MR) is 206 cm³/mol. The molecule has 0 aliphatic rings. The Hall–Kier alpha value is -5.93. The molecule has 7 nitrogen and oxygen atoms in total. The second kappa shape index (κ2) is 15.5. The number of hydrogen-bond acceptors (Lipinski definition) is 5. The third-order valence-electron chi connectivity index (χ3n) is 8.77. The number of benzene rings is 5. The van der Waals surface area contributed by atoms with E-state index in [1.165, 1.54) is 33.9 Å². The van der Waals surface area contributed by atoms with Crippen LogP contribution in [0.4, 0.5) is 9.52 Å². The van der Waals surface area contributed by atoms with E-state index < -0.39 is 11.9 Å². The number of amides is 3. The van der Waals surface area contributed by atoms with Crippen molar-refractivity contribution in [3.8, 4) is 22.4 Å². The standard InChI is InChI=1S/C43H39FN4O3S/c1-43(2,3)33-22-20-29(21-23-33)35-12-8-9-13-36(35)40(50)47-42-45-37(27-52-42)30-16-18-32(19-17-30)39(49)46-38(31-10-6-5-7-11-31)41(51)48(4)26-28-14-24-34(44)25-15-28/h5-25,27,38H,26H2,1-4H3,(H,46,49)(H,45,47,50)/t38-/m0/s1. The smallest absolute Gasteiger partial charge is 0.258 e. The fourth-order valence-electron chi connectivity index (χ4n) is 5.81. The molecule has 2 N–H and O–H groups in total. The highest BCUT2D eigenvalue weighted by Gasteiger charge is 2.26. The van der Waals surface area contributed by atoms with E-state index in [9.17, 15) is 18.8 Å². The molecule has 0 saturated heterocycles. The molecule has 5 aromatic carbocycles. The number of rotatable bonds is 10. The number of nitrogens with one attached hydrogen (secondary N) is 2. The molecule has 1 atom stereocenters. The van der Waals surface area contributed by atoms with Crippen LogP contribution in [-0.2, 0) is 16.8 Å². The SMILES string of the molecule is CN(Cc1ccc(F)cc1)C(=O)[C@@H](NC(=O)c1ccc(-c2csc(NC(=O)c3ccccc3-c3ccc(C(C)(C)C)cc3)n2)cc1)c1ccccc1. The minimum atomic E-state index is -0.934. The lowest BCUT2D eigenvalue weighted by atomic mass is 9.86. The molecule has 6 rings (SSSR count). The van der Waals surface area contributed by atoms with Crippen molar-refractivity contribution in [3.63, 3.8) is 0 Å². The molecule has 3 amide bonds. The monoisotopic (exact) mass is 710 g/mol. The minimum absolute atomic E-state index is 0.0295. The highest BCUT2D eigenvalue weighted by molar-refractivity contribution is 7.14. The van der Waals surface area contributed by atoms with E-state index in [1.54, 1.807) is 61.6 Å². The lowest BCUT2D eigenvalue weighted by Gasteiger charge is -2.25. The van der Waals surface area contributed by atoms with Crippen LogP contribution in [0, 0.1) is 5.82 Å². The number of hydrogen-bond donors (Lipinski definition) is 2. The quantitative estimate of drug-likeness (QED) is 0.148. The first-order chi connectivity index (χ1) is 25.0. The normalized spacial score (nSPS) is 11.8. The van der Waals surface area contributed by atoms with Gasteiger partial charge in [0.15, 0.2) is 5.13 Å². The Morgan fingerprint density at radius 1 is 0.769 bits per heavy atom. The molecule has 1 heterocycles. The highest BCUT2D eigenvalue weighted by atomic mass is 32.1. The summed E-state index contributed by atoms with van der Waals surface area (Å²) in [5, 5.41) is 8.15. The van der Waals surface area contributed by atoms with Gasteiger partial charge in [-0.25, -0.2) is 9.37 Å². The van der Waals surface area contributed by atoms with Crippen LogP contribution >= 0.6 is 11.3 Å². The Labute approximate surface area is 307 Å². The van der Waals surface area contributed by atoms with Gasteiger partial charge in [-0.3, -0.25) is 19.7 Å². The zero-order chi connectivity index (χ0) is 36.8. The lowest BCUT2D eigenvalue weighted by molar-refractivity contribution is -0.132. The fourth-order valence-corrected chi connectivity index (χ4v) is 6.53. The van der Waals surface area contributed by atoms with Crippen molar-refractivity contribution in [3.05, 3.63) is 166 Å². The summed E-state index contributed by atoms with van der Waals surface area (Å²) >= 11 is 1.31. The van der Waals surface area contributed by atoms with Crippen LogP contribution < -0.4 is 10.6 Å². The van der Waals surface area contributed by atoms with Gasteiger partial charge in [0.1, 0.15) is 11.9 Å². The van der Waals surface area contributed by atoms with Gasteiger partial charge < -0.3 is 10.2 Å². The van der Waals surface area contributed by atoms with Crippen LogP contribution in [0.2, 0.25) is 0 Å². The van der Waals surface area contributed by atoms with Gasteiger partial charge in [-0.15, -0.1) is 11.3 Å². The van der Waals surface area contributed by atoms with Gasteiger partial charge in [-0.1, -0.05) is 118 Å². The Balaban J connectivity index is 1.13. The average Bonchev–Trinajstić information content (AvgIpc) is 3.63. The molecule has 0 radical (unpaired) electrons. The Morgan fingerprint density at radius 2 is 1.40 bits per heavy atom. The van der Waals surface area contributed by atoms with Gasteiger partial charge in [0.05, 0.1) is 5.69 Å². The zero-order valence-corrected chi connectivity index (χ0v) is 30.2. The van der Waals surface area contributed by atoms with Crippen LogP contribution in [0.5, 0.6) is 0 Å². The van der Waals surface area contributed by atoms with Crippen molar-refractivity contribution in [2.45, 2.75) is 38.8 Å². The van der Waals surface area contributed by atoms with Crippen molar-refractivity contribution in [2.24, 2.45) is 0 Å². The minimum Gasteiger partial charge on any atom is -0.339 e. The molecule has 0 aliphatic heterocycles. The van der Waals surface area contributed by atoms with E-state index in [4.69, 9.17) is 0 Å². The molecule has 0 saturated carbocycles. The van der Waals surface area contributed by atoms with Gasteiger partial charge in [0, 0.05) is 35.7 Å². The van der Waals surface area contributed by atoms with Crippen LogP contribution in [0.25, 0.3) is 22.4 Å². The summed E-state index contributed by atoms with van der Waals surface area (Å²) < 4.78 is 13.4. The van der Waals surface area contributed by atoms with Gasteiger partial charge >= 0.3 is 0 Å². The van der Waals surface area contributed by atoms with Gasteiger partial charge in [-0.05, 0) is 63.6 Å². The number of thiazole rings is 1. The summed E-state index contributed by atoms with van der Waals surface area (Å²) in [6.07, 6.45) is 0. The van der Waals surface area contributed by atoms with Crippen molar-refractivity contribution < 1.29 is 18.8 Å². The Morgan fingerprint density at radius 3 is 2.08 bits per heavy atom. The van der Waals surface area contributed by atoms with Gasteiger partial charge in [0.25, 0.3) is 11.8 Å². The fraction of sp³-hybridized carbons (Fsp3) is 0.163. The Kier molecular flexibility index (Phi) is 10.7. The van der Waals surface area contributed by atoms with Crippen molar-refractivity contribution in [2.75, 3.05) is 12.4 Å². The maximum atomic E-state index is 13.6. The number of anilines is 1. The molecule has 0 aliphatic carbocycles. The van der Waals surface area contributed by atoms with Crippen molar-refractivity contribution >= 4 is 34.2 Å². The first-order valence-electron chi connectivity index (χ1n) is 16.9. The lowest BCUT2D eigenvalue weighted by Crippen LogP contribution is -2.41. The molecule has 0 spiro atoms. The summed E-state index contributed by atoms with van der Waals surface area (Å²) in [7, 11) is 1.65. The first kappa shape index (κ1) is 35.9. The van der Waals surface area contributed by atoms with Crippen LogP contribution in [0.15, 0.2) is 133 Å². The van der Waals surface area contributed by atoms with Crippen LogP contribution in [0.3, 0.4) is 0 Å². The van der Waals surface area contributed by atoms with Crippen molar-refractivity contribution in [1.29, 1.82) is 0 Å². The molecule has 6 aromatic rings. The maximum absolute atomic E-state index is 13.6. The van der Waals surface area contributed by atoms with E-state index in [1.807, 2.05) is 53.9 Å². The average molecular weight is 711 g/mol. The molecule has 0 fully saturated rings. The topological polar surface area (TPSA) is 91.4 Å². The van der Waals surface area contributed by atoms with E-state index in [0.29, 0.717) is 27.5 Å². The second-order valence-corrected chi connectivity index (χ2v) is 14.4. The third kappa shape index (κ3) is 8.50. The number of nitrogens with zero attached hydrogens (tertiary/aromatic N) is 2. The van der Waals surface area contributed by atoms with Crippen LogP contribution in [0.1, 0.15) is 64.2 Å². The second-order valence-electron chi connectivity index (χ2n) is 13.6. The molecule has 262 valence electrons. The Bertz CT molecular complexity index is 2180. The third-order valence-corrected chi connectivity index (χ3v) is 9.52. The van der Waals surface area contributed by atoms with Gasteiger partial charge in [0.2, 0.25) is 5.91 Å². The summed E-state index contributed by atoms with van der Waals surface area (Å²) in [5.41, 5.74) is 6.78. The summed E-state index contributed by atoms with van der Waals surface area (Å²) in [5.74, 6) is -1.33. The summed E-state index contributed by atoms with van der Waals surface area (Å²) in [4.78, 5) is 46.7. The molecule has 0 unspecified atom stereocenters. The first-order valence-corrected chi connectivity index (χ1v) is 17.8. The number of halogens is 1. The number of carbonyl (C=O) groups excluding carboxylic acids is 3. The van der Waals surface area contributed by atoms with E-state index >= 15 is 0 Å². The van der Waals surface area contributed by atoms with E-state index in [-0.39, 0.29) is 29.6 Å². The molecular formula is C43H39FN4O3S. The largest absolute Gasteiger partial charge is 0.339 e. The molecule has 1 aromatic heterocycles. The number of aromatic nitrogens is 1. The molecule has 52 heavy (non-hydrogen) atoms. The summed E-state index contributed by atoms with van der Waals surface area (Å²) in [6.45, 7) is 6.76. The zero-order valence-electron chi connectivity index (χ0n) is 29.4. The number of carbonyl (C=O) groups is 3. The maximum Gasteiger partial charge on any atom is 0.258 e. The summed E-state index contributed by atoms with van der Waals surface area (Å²) in [6, 6.07) is 36.8. The predicted octanol–water partition coefficient (Wildman–Crippen LogP) is 9.30. The molecule has 9 heteroatoms. The molecular weight excluding hydrogens is 672 g/mol. The van der Waals surface area contributed by atoms with Gasteiger partial charge in [-0.2, -0.15) is 0 Å². The van der Waals surface area contributed by atoms with E-state index in [0.717, 1.165) is 22.3 Å². The van der Waals surface area contributed by atoms with E-state index in [2.05, 4.69) is 48.5 Å². The highest BCUT2D eigenvalue weighted by Crippen LogP contribution is 2.30. The van der Waals surface area contributed by atoms with Crippen molar-refractivity contribution in [1.82, 2.24) is 15.2 Å². The number of likely N-dealkylation sites (N-methyl/N-ethyl adjacent to an activating group) is 1. The van der Waals surface area contributed by atoms with Crippen LogP contribution in [-0.4, -0.2) is 34.7 Å².